The van der Waals surface area contributed by atoms with Gasteiger partial charge >= 0.3 is 0 Å². The number of rotatable bonds is 2. The molecule has 0 aliphatic carbocycles. The molecule has 2 aliphatic rings. The number of hydrogen-bond acceptors (Lipinski definition) is 6. The lowest BCUT2D eigenvalue weighted by Gasteiger charge is -2.38. The van der Waals surface area contributed by atoms with E-state index in [-0.39, 0.29) is 23.3 Å². The summed E-state index contributed by atoms with van der Waals surface area (Å²) in [5.41, 5.74) is 5.34. The average Bonchev–Trinajstić information content (AvgIpc) is 2.53. The zero-order valence-corrected chi connectivity index (χ0v) is 13.5. The maximum Gasteiger partial charge on any atom is 0.254 e. The molecule has 126 valence electrons. The van der Waals surface area contributed by atoms with Crippen molar-refractivity contribution in [3.05, 3.63) is 16.4 Å². The van der Waals surface area contributed by atoms with Crippen molar-refractivity contribution in [2.24, 2.45) is 5.92 Å². The number of nitrogens with one attached hydrogen (secondary N) is 1. The highest BCUT2D eigenvalue weighted by molar-refractivity contribution is 5.79. The second kappa shape index (κ2) is 6.57. The number of H-pyrrole nitrogens is 1. The van der Waals surface area contributed by atoms with Crippen LogP contribution in [0.1, 0.15) is 12.8 Å². The van der Waals surface area contributed by atoms with E-state index in [1.807, 2.05) is 9.80 Å². The molecule has 2 aliphatic heterocycles. The molecule has 3 rings (SSSR count). The number of likely N-dealkylation sites (tertiary alicyclic amines) is 1. The number of aromatic nitrogens is 2. The van der Waals surface area contributed by atoms with Crippen LogP contribution < -0.4 is 16.2 Å². The maximum absolute atomic E-state index is 12.6. The van der Waals surface area contributed by atoms with Gasteiger partial charge in [-0.1, -0.05) is 0 Å². The molecule has 1 atom stereocenters. The number of carbonyl (C=O) groups excluding carboxylic acids is 1. The first-order valence-electron chi connectivity index (χ1n) is 8.12. The van der Waals surface area contributed by atoms with E-state index in [1.165, 1.54) is 6.07 Å². The second-order valence-electron chi connectivity index (χ2n) is 6.40. The summed E-state index contributed by atoms with van der Waals surface area (Å²) < 4.78 is 0. The Morgan fingerprint density at radius 1 is 1.30 bits per heavy atom. The number of carbonyl (C=O) groups is 1. The van der Waals surface area contributed by atoms with E-state index >= 15 is 0 Å². The highest BCUT2D eigenvalue weighted by atomic mass is 16.2. The van der Waals surface area contributed by atoms with Crippen LogP contribution in [0.25, 0.3) is 0 Å². The van der Waals surface area contributed by atoms with Crippen LogP contribution in [0.2, 0.25) is 0 Å². The molecule has 1 aromatic heterocycles. The molecule has 2 saturated heterocycles. The third-order valence-electron chi connectivity index (χ3n) is 4.64. The molecule has 2 fully saturated rings. The molecule has 1 amide bonds. The molecule has 3 heterocycles. The molecule has 0 aromatic carbocycles. The summed E-state index contributed by atoms with van der Waals surface area (Å²) in [6.45, 7) is 4.59. The molecule has 0 unspecified atom stereocenters. The van der Waals surface area contributed by atoms with Crippen molar-refractivity contribution in [2.45, 2.75) is 12.8 Å². The minimum Gasteiger partial charge on any atom is -0.369 e. The fourth-order valence-electron chi connectivity index (χ4n) is 3.41. The molecule has 8 nitrogen and oxygen atoms in total. The number of anilines is 2. The van der Waals surface area contributed by atoms with E-state index < -0.39 is 0 Å². The largest absolute Gasteiger partial charge is 0.369 e. The van der Waals surface area contributed by atoms with Crippen LogP contribution in [0, 0.1) is 5.92 Å². The lowest BCUT2D eigenvalue weighted by Crippen LogP contribution is -2.52. The van der Waals surface area contributed by atoms with Crippen molar-refractivity contribution in [3.63, 3.8) is 0 Å². The van der Waals surface area contributed by atoms with Gasteiger partial charge in [-0.15, -0.1) is 0 Å². The first kappa shape index (κ1) is 15.8. The van der Waals surface area contributed by atoms with Crippen molar-refractivity contribution < 1.29 is 4.79 Å². The van der Waals surface area contributed by atoms with E-state index in [4.69, 9.17) is 5.73 Å². The Kier molecular flexibility index (Phi) is 4.51. The maximum atomic E-state index is 12.6. The number of nitrogens with two attached hydrogens (primary N) is 1. The average molecular weight is 320 g/mol. The highest BCUT2D eigenvalue weighted by Crippen LogP contribution is 2.19. The Labute approximate surface area is 135 Å². The molecule has 8 heteroatoms. The van der Waals surface area contributed by atoms with Crippen LogP contribution >= 0.6 is 0 Å². The quantitative estimate of drug-likeness (QED) is 0.751. The monoisotopic (exact) mass is 320 g/mol. The topological polar surface area (TPSA) is 98.6 Å². The summed E-state index contributed by atoms with van der Waals surface area (Å²) in [7, 11) is 2.07. The zero-order valence-electron chi connectivity index (χ0n) is 13.5. The molecular formula is C15H24N6O2. The normalized spacial score (nSPS) is 23.1. The summed E-state index contributed by atoms with van der Waals surface area (Å²) in [4.78, 5) is 36.9. The van der Waals surface area contributed by atoms with Crippen molar-refractivity contribution in [1.82, 2.24) is 19.8 Å². The minimum atomic E-state index is -0.253. The standard InChI is InChI=1S/C15H24N6O2/c1-19-4-2-3-11(10-19)14(23)21-7-5-20(6-8-21)12-9-13(22)18-15(16)17-12/h9,11H,2-8,10H2,1H3,(H3,16,17,18,22)/t11-/m0/s1. The van der Waals surface area contributed by atoms with Gasteiger partial charge in [-0.2, -0.15) is 4.98 Å². The summed E-state index contributed by atoms with van der Waals surface area (Å²) in [5.74, 6) is 1.08. The molecule has 0 bridgehead atoms. The highest BCUT2D eigenvalue weighted by Gasteiger charge is 2.30. The molecule has 0 saturated carbocycles. The number of piperazine rings is 1. The van der Waals surface area contributed by atoms with Gasteiger partial charge in [0, 0.05) is 38.8 Å². The zero-order chi connectivity index (χ0) is 16.4. The summed E-state index contributed by atoms with van der Waals surface area (Å²) in [6, 6.07) is 1.45. The SMILES string of the molecule is CN1CCC[C@H](C(=O)N2CCN(c3cc(=O)[nH]c(N)n3)CC2)C1. The Morgan fingerprint density at radius 2 is 2.04 bits per heavy atom. The number of hydrogen-bond donors (Lipinski definition) is 2. The van der Waals surface area contributed by atoms with Gasteiger partial charge in [0.15, 0.2) is 0 Å². The van der Waals surface area contributed by atoms with Crippen molar-refractivity contribution in [1.29, 1.82) is 0 Å². The Balaban J connectivity index is 1.59. The van der Waals surface area contributed by atoms with Crippen molar-refractivity contribution in [2.75, 3.05) is 56.9 Å². The number of nitrogens with zero attached hydrogens (tertiary/aromatic N) is 4. The fourth-order valence-corrected chi connectivity index (χ4v) is 3.41. The van der Waals surface area contributed by atoms with Crippen LogP contribution in [0.5, 0.6) is 0 Å². The first-order chi connectivity index (χ1) is 11.0. The van der Waals surface area contributed by atoms with Gasteiger partial charge in [0.05, 0.1) is 5.92 Å². The van der Waals surface area contributed by atoms with E-state index in [1.54, 1.807) is 0 Å². The Morgan fingerprint density at radius 3 is 2.70 bits per heavy atom. The van der Waals surface area contributed by atoms with Crippen LogP contribution in [0.15, 0.2) is 10.9 Å². The van der Waals surface area contributed by atoms with Crippen LogP contribution in [0.3, 0.4) is 0 Å². The van der Waals surface area contributed by atoms with E-state index in [0.29, 0.717) is 32.0 Å². The van der Waals surface area contributed by atoms with Gasteiger partial charge in [0.25, 0.3) is 5.56 Å². The molecular weight excluding hydrogens is 296 g/mol. The summed E-state index contributed by atoms with van der Waals surface area (Å²) in [5, 5.41) is 0. The molecule has 1 aromatic rings. The van der Waals surface area contributed by atoms with E-state index in [2.05, 4.69) is 21.9 Å². The minimum absolute atomic E-state index is 0.119. The van der Waals surface area contributed by atoms with Gasteiger partial charge in [0.2, 0.25) is 11.9 Å². The molecule has 0 spiro atoms. The summed E-state index contributed by atoms with van der Waals surface area (Å²) in [6.07, 6.45) is 2.07. The third-order valence-corrected chi connectivity index (χ3v) is 4.64. The Bertz CT molecular complexity index is 623. The van der Waals surface area contributed by atoms with Gasteiger partial charge in [0.1, 0.15) is 5.82 Å². The smallest absolute Gasteiger partial charge is 0.254 e. The van der Waals surface area contributed by atoms with Crippen molar-refractivity contribution in [3.8, 4) is 0 Å². The van der Waals surface area contributed by atoms with Gasteiger partial charge in [-0.25, -0.2) is 0 Å². The predicted molar refractivity (Wildman–Crippen MR) is 88.3 cm³/mol. The van der Waals surface area contributed by atoms with E-state index in [0.717, 1.165) is 25.9 Å². The predicted octanol–water partition coefficient (Wildman–Crippen LogP) is -0.657. The molecule has 3 N–H and O–H groups in total. The van der Waals surface area contributed by atoms with E-state index in [9.17, 15) is 9.59 Å². The Hall–Kier alpha value is -2.09. The van der Waals surface area contributed by atoms with Gasteiger partial charge < -0.3 is 20.4 Å². The van der Waals surface area contributed by atoms with Crippen LogP contribution in [-0.4, -0.2) is 72.0 Å². The van der Waals surface area contributed by atoms with Gasteiger partial charge in [-0.05, 0) is 26.4 Å². The molecule has 23 heavy (non-hydrogen) atoms. The summed E-state index contributed by atoms with van der Waals surface area (Å²) >= 11 is 0. The number of piperidine rings is 1. The lowest BCUT2D eigenvalue weighted by molar-refractivity contribution is -0.137. The van der Waals surface area contributed by atoms with Gasteiger partial charge in [-0.3, -0.25) is 14.6 Å². The molecule has 0 radical (unpaired) electrons. The first-order valence-corrected chi connectivity index (χ1v) is 8.12. The third kappa shape index (κ3) is 3.64. The number of amides is 1. The van der Waals surface area contributed by atoms with Crippen molar-refractivity contribution >= 4 is 17.7 Å². The lowest BCUT2D eigenvalue weighted by atomic mass is 9.96. The van der Waals surface area contributed by atoms with Crippen LogP contribution in [0.4, 0.5) is 11.8 Å². The fraction of sp³-hybridized carbons (Fsp3) is 0.667. The van der Waals surface area contributed by atoms with Crippen LogP contribution in [-0.2, 0) is 4.79 Å². The number of nitrogen functional groups attached to an aromatic ring is 1. The number of aromatic amines is 1. The second-order valence-corrected chi connectivity index (χ2v) is 6.40.